The van der Waals surface area contributed by atoms with Crippen molar-refractivity contribution in [3.8, 4) is 5.75 Å². The van der Waals surface area contributed by atoms with Gasteiger partial charge < -0.3 is 14.6 Å². The summed E-state index contributed by atoms with van der Waals surface area (Å²) in [6, 6.07) is 11.8. The molecule has 0 saturated heterocycles. The molecule has 0 saturated carbocycles. The summed E-state index contributed by atoms with van der Waals surface area (Å²) >= 11 is 6.52. The number of carbonyl (C=O) groups excluding carboxylic acids is 2. The number of aromatic hydroxyl groups is 1. The molecule has 2 rings (SSSR count). The summed E-state index contributed by atoms with van der Waals surface area (Å²) in [6.45, 7) is 5.34. The third-order valence-corrected chi connectivity index (χ3v) is 5.04. The Morgan fingerprint density at radius 2 is 1.77 bits per heavy atom. The van der Waals surface area contributed by atoms with Gasteiger partial charge in [0.1, 0.15) is 23.7 Å². The van der Waals surface area contributed by atoms with Gasteiger partial charge in [-0.25, -0.2) is 4.79 Å². The number of phenolic OH excluding ortho intramolecular Hbond substituents is 1. The van der Waals surface area contributed by atoms with Gasteiger partial charge in [0.2, 0.25) is 0 Å². The molecule has 1 N–H and O–H groups in total. The molecule has 1 unspecified atom stereocenters. The minimum absolute atomic E-state index is 0.0787. The Hall–Kier alpha value is -2.26. The zero-order chi connectivity index (χ0) is 22.3. The van der Waals surface area contributed by atoms with Crippen molar-refractivity contribution in [2.24, 2.45) is 10.3 Å². The summed E-state index contributed by atoms with van der Waals surface area (Å²) in [4.78, 5) is 24.5. The molecule has 160 valence electrons. The van der Waals surface area contributed by atoms with Crippen LogP contribution in [0, 0.1) is 0 Å². The van der Waals surface area contributed by atoms with Crippen LogP contribution in [0.1, 0.15) is 31.9 Å². The Balaban J connectivity index is 2.24. The van der Waals surface area contributed by atoms with Gasteiger partial charge in [0.25, 0.3) is 0 Å². The van der Waals surface area contributed by atoms with Gasteiger partial charge >= 0.3 is 6.09 Å². The predicted molar refractivity (Wildman–Crippen MR) is 120 cm³/mol. The summed E-state index contributed by atoms with van der Waals surface area (Å²) in [7, 11) is 0. The molecule has 2 aromatic carbocycles. The second-order valence-corrected chi connectivity index (χ2v) is 9.22. The van der Waals surface area contributed by atoms with Crippen LogP contribution in [0.15, 0.2) is 61.7 Å². The molecular formula is C21H23Br2N3O4. The minimum atomic E-state index is -0.871. The molecule has 2 aromatic rings. The SMILES string of the molecule is CC(C)(C)OC(=O)N(N=NCc1cc(Br)c(O)c(Br)c1)C(C=O)Cc1ccccc1. The van der Waals surface area contributed by atoms with Gasteiger partial charge in [-0.05, 0) is 75.9 Å². The van der Waals surface area contributed by atoms with Crippen LogP contribution in [0.2, 0.25) is 0 Å². The quantitative estimate of drug-likeness (QED) is 0.271. The number of amides is 1. The van der Waals surface area contributed by atoms with Gasteiger partial charge in [0, 0.05) is 6.42 Å². The molecule has 7 nitrogen and oxygen atoms in total. The van der Waals surface area contributed by atoms with E-state index in [1.54, 1.807) is 32.9 Å². The summed E-state index contributed by atoms with van der Waals surface area (Å²) in [5.74, 6) is 0.0787. The topological polar surface area (TPSA) is 91.6 Å². The molecule has 30 heavy (non-hydrogen) atoms. The summed E-state index contributed by atoms with van der Waals surface area (Å²) in [6.07, 6.45) is 0.176. The van der Waals surface area contributed by atoms with Crippen LogP contribution >= 0.6 is 31.9 Å². The molecule has 0 bridgehead atoms. The first-order chi connectivity index (χ1) is 14.1. The average Bonchev–Trinajstić information content (AvgIpc) is 2.67. The third-order valence-electron chi connectivity index (χ3n) is 3.83. The molecule has 0 fully saturated rings. The fourth-order valence-corrected chi connectivity index (χ4v) is 3.77. The minimum Gasteiger partial charge on any atom is -0.506 e. The lowest BCUT2D eigenvalue weighted by Gasteiger charge is -2.26. The number of carbonyl (C=O) groups is 2. The van der Waals surface area contributed by atoms with E-state index in [4.69, 9.17) is 4.74 Å². The first-order valence-electron chi connectivity index (χ1n) is 9.16. The number of hydrogen-bond donors (Lipinski definition) is 1. The number of nitrogens with zero attached hydrogens (tertiary/aromatic N) is 3. The molecule has 0 aliphatic rings. The first kappa shape index (κ1) is 24.0. The molecule has 0 heterocycles. The van der Waals surface area contributed by atoms with Crippen molar-refractivity contribution in [1.82, 2.24) is 5.01 Å². The smallest absolute Gasteiger partial charge is 0.432 e. The van der Waals surface area contributed by atoms with Crippen molar-refractivity contribution in [2.45, 2.75) is 45.4 Å². The van der Waals surface area contributed by atoms with Crippen LogP contribution in [-0.4, -0.2) is 34.1 Å². The number of hydrogen-bond acceptors (Lipinski definition) is 6. The zero-order valence-electron chi connectivity index (χ0n) is 16.9. The highest BCUT2D eigenvalue weighted by Crippen LogP contribution is 2.33. The van der Waals surface area contributed by atoms with Crippen molar-refractivity contribution < 1.29 is 19.4 Å². The molecule has 9 heteroatoms. The van der Waals surface area contributed by atoms with Crippen molar-refractivity contribution >= 4 is 44.2 Å². The Morgan fingerprint density at radius 3 is 2.30 bits per heavy atom. The highest BCUT2D eigenvalue weighted by atomic mass is 79.9. The number of rotatable bonds is 7. The first-order valence-corrected chi connectivity index (χ1v) is 10.7. The monoisotopic (exact) mass is 539 g/mol. The highest BCUT2D eigenvalue weighted by molar-refractivity contribution is 9.11. The lowest BCUT2D eigenvalue weighted by Crippen LogP contribution is -2.41. The Bertz CT molecular complexity index is 891. The van der Waals surface area contributed by atoms with Crippen LogP contribution < -0.4 is 0 Å². The van der Waals surface area contributed by atoms with Crippen LogP contribution in [-0.2, 0) is 22.5 Å². The van der Waals surface area contributed by atoms with Crippen molar-refractivity contribution in [3.05, 3.63) is 62.5 Å². The predicted octanol–water partition coefficient (Wildman–Crippen LogP) is 5.83. The molecule has 0 aromatic heterocycles. The van der Waals surface area contributed by atoms with E-state index in [2.05, 4.69) is 42.2 Å². The molecular weight excluding hydrogens is 518 g/mol. The van der Waals surface area contributed by atoms with E-state index in [0.717, 1.165) is 16.1 Å². The molecule has 1 atom stereocenters. The van der Waals surface area contributed by atoms with E-state index < -0.39 is 17.7 Å². The fraction of sp³-hybridized carbons (Fsp3) is 0.333. The maximum Gasteiger partial charge on any atom is 0.432 e. The van der Waals surface area contributed by atoms with Gasteiger partial charge in [0.15, 0.2) is 0 Å². The average molecular weight is 541 g/mol. The van der Waals surface area contributed by atoms with E-state index in [-0.39, 0.29) is 18.7 Å². The Kier molecular flexibility index (Phi) is 8.54. The van der Waals surface area contributed by atoms with Gasteiger partial charge in [-0.3, -0.25) is 0 Å². The molecule has 0 aliphatic carbocycles. The van der Waals surface area contributed by atoms with E-state index in [9.17, 15) is 14.7 Å². The van der Waals surface area contributed by atoms with E-state index in [0.29, 0.717) is 15.2 Å². The lowest BCUT2D eigenvalue weighted by atomic mass is 10.1. The Morgan fingerprint density at radius 1 is 1.17 bits per heavy atom. The summed E-state index contributed by atoms with van der Waals surface area (Å²) in [5.41, 5.74) is 0.868. The van der Waals surface area contributed by atoms with Gasteiger partial charge in [-0.15, -0.1) is 0 Å². The molecule has 0 radical (unpaired) electrons. The van der Waals surface area contributed by atoms with Crippen molar-refractivity contribution in [2.75, 3.05) is 0 Å². The number of phenols is 1. The third kappa shape index (κ3) is 7.21. The summed E-state index contributed by atoms with van der Waals surface area (Å²) < 4.78 is 6.41. The molecule has 1 amide bonds. The van der Waals surface area contributed by atoms with E-state index in [1.165, 1.54) is 0 Å². The van der Waals surface area contributed by atoms with Gasteiger partial charge in [0.05, 0.1) is 15.5 Å². The van der Waals surface area contributed by atoms with Crippen molar-refractivity contribution in [1.29, 1.82) is 0 Å². The maximum atomic E-state index is 12.7. The highest BCUT2D eigenvalue weighted by Gasteiger charge is 2.29. The number of benzene rings is 2. The zero-order valence-corrected chi connectivity index (χ0v) is 20.1. The maximum absolute atomic E-state index is 12.7. The van der Waals surface area contributed by atoms with Crippen LogP contribution in [0.25, 0.3) is 0 Å². The lowest BCUT2D eigenvalue weighted by molar-refractivity contribution is -0.112. The Labute approximate surface area is 192 Å². The van der Waals surface area contributed by atoms with Crippen LogP contribution in [0.4, 0.5) is 4.79 Å². The second-order valence-electron chi connectivity index (χ2n) is 7.52. The van der Waals surface area contributed by atoms with Gasteiger partial charge in [-0.2, -0.15) is 10.1 Å². The molecule has 0 aliphatic heterocycles. The van der Waals surface area contributed by atoms with Crippen LogP contribution in [0.3, 0.4) is 0 Å². The van der Waals surface area contributed by atoms with Crippen LogP contribution in [0.5, 0.6) is 5.75 Å². The normalized spacial score (nSPS) is 12.6. The number of halogens is 2. The van der Waals surface area contributed by atoms with Crippen molar-refractivity contribution in [3.63, 3.8) is 0 Å². The van der Waals surface area contributed by atoms with Gasteiger partial charge in [-0.1, -0.05) is 35.6 Å². The van der Waals surface area contributed by atoms with E-state index >= 15 is 0 Å². The summed E-state index contributed by atoms with van der Waals surface area (Å²) in [5, 5.41) is 18.9. The standard InChI is InChI=1S/C21H23Br2N3O4/c1-21(2,3)30-20(29)26(16(13-27)9-14-7-5-4-6-8-14)25-24-12-15-10-17(22)19(28)18(23)11-15/h4-8,10-11,13,16,28H,9,12H2,1-3H3. The second kappa shape index (κ2) is 10.7. The van der Waals surface area contributed by atoms with E-state index in [1.807, 2.05) is 30.3 Å². The number of aldehydes is 1. The number of ether oxygens (including phenoxy) is 1. The largest absolute Gasteiger partial charge is 0.506 e. The fourth-order valence-electron chi connectivity index (χ4n) is 2.49. The molecule has 0 spiro atoms.